The van der Waals surface area contributed by atoms with Gasteiger partial charge in [0.1, 0.15) is 29.1 Å². The maximum atomic E-state index is 13.1. The number of furan rings is 2. The number of benzene rings is 1. The van der Waals surface area contributed by atoms with Gasteiger partial charge >= 0.3 is 5.97 Å². The minimum atomic E-state index is -0.485. The molecule has 4 heterocycles. The maximum absolute atomic E-state index is 13.1. The summed E-state index contributed by atoms with van der Waals surface area (Å²) < 4.78 is 29.4. The van der Waals surface area contributed by atoms with Gasteiger partial charge in [-0.2, -0.15) is 5.10 Å². The van der Waals surface area contributed by atoms with E-state index in [0.29, 0.717) is 55.1 Å². The van der Waals surface area contributed by atoms with Crippen LogP contribution in [0.15, 0.2) is 75.0 Å². The molecule has 2 amide bonds. The molecule has 9 nitrogen and oxygen atoms in total. The van der Waals surface area contributed by atoms with Gasteiger partial charge in [0.2, 0.25) is 0 Å². The van der Waals surface area contributed by atoms with E-state index in [4.69, 9.17) is 13.6 Å². The van der Waals surface area contributed by atoms with E-state index < -0.39 is 36.3 Å². The number of amides is 2. The second-order valence-corrected chi connectivity index (χ2v) is 8.68. The Labute approximate surface area is 206 Å². The monoisotopic (exact) mass is 493 g/mol. The van der Waals surface area contributed by atoms with Crippen LogP contribution in [-0.4, -0.2) is 53.1 Å². The van der Waals surface area contributed by atoms with E-state index in [1.54, 1.807) is 29.2 Å². The lowest BCUT2D eigenvalue weighted by atomic mass is 9.96. The quantitative estimate of drug-likeness (QED) is 0.484. The second kappa shape index (κ2) is 10.2. The van der Waals surface area contributed by atoms with E-state index in [0.717, 1.165) is 0 Å². The summed E-state index contributed by atoms with van der Waals surface area (Å²) in [7, 11) is 0. The van der Waals surface area contributed by atoms with Gasteiger partial charge in [0.05, 0.1) is 18.4 Å². The smallest absolute Gasteiger partial charge is 0.309 e. The molecule has 0 N–H and O–H groups in total. The Morgan fingerprint density at radius 3 is 2.39 bits per heavy atom. The second-order valence-electron chi connectivity index (χ2n) is 8.68. The largest absolute Gasteiger partial charge is 0.467 e. The third-order valence-corrected chi connectivity index (χ3v) is 6.39. The summed E-state index contributed by atoms with van der Waals surface area (Å²) in [5.41, 5.74) is 0.994. The van der Waals surface area contributed by atoms with Crippen LogP contribution in [0.1, 0.15) is 47.2 Å². The molecule has 0 aliphatic carbocycles. The summed E-state index contributed by atoms with van der Waals surface area (Å²) in [4.78, 5) is 39.9. The number of carbonyl (C=O) groups excluding carboxylic acids is 3. The molecule has 186 valence electrons. The average Bonchev–Trinajstić information content (AvgIpc) is 3.68. The summed E-state index contributed by atoms with van der Waals surface area (Å²) in [6, 6.07) is 11.9. The van der Waals surface area contributed by atoms with Gasteiger partial charge in [0, 0.05) is 25.1 Å². The number of hydrogen-bond acceptors (Lipinski definition) is 7. The summed E-state index contributed by atoms with van der Waals surface area (Å²) in [5.74, 6) is -0.873. The zero-order chi connectivity index (χ0) is 25.1. The summed E-state index contributed by atoms with van der Waals surface area (Å²) in [6.07, 6.45) is 4.29. The van der Waals surface area contributed by atoms with Crippen molar-refractivity contribution in [3.63, 3.8) is 0 Å². The molecule has 2 aromatic heterocycles. The van der Waals surface area contributed by atoms with E-state index >= 15 is 0 Å². The molecule has 10 heteroatoms. The Hall–Kier alpha value is -4.21. The Morgan fingerprint density at radius 1 is 1.00 bits per heavy atom. The van der Waals surface area contributed by atoms with Crippen LogP contribution < -0.4 is 0 Å². The zero-order valence-corrected chi connectivity index (χ0v) is 19.3. The number of nitrogens with zero attached hydrogens (tertiary/aromatic N) is 3. The third kappa shape index (κ3) is 4.93. The molecule has 1 unspecified atom stereocenters. The number of carbonyl (C=O) groups is 3. The number of likely N-dealkylation sites (tertiary alicyclic amines) is 1. The number of esters is 1. The predicted molar refractivity (Wildman–Crippen MR) is 124 cm³/mol. The highest BCUT2D eigenvalue weighted by atomic mass is 19.1. The van der Waals surface area contributed by atoms with E-state index in [-0.39, 0.29) is 5.91 Å². The fraction of sp³-hybridized carbons (Fsp3) is 0.308. The first kappa shape index (κ1) is 23.5. The minimum absolute atomic E-state index is 0.208. The topological polar surface area (TPSA) is 106 Å². The standard InChI is InChI=1S/C26H24FN3O6/c27-19-7-5-17(6-8-19)25(32)29-11-9-18(10-12-29)26(33)36-16-24(31)30-21(23-4-2-14-35-23)15-20(28-30)22-3-1-13-34-22/h1-8,13-14,18,21H,9-12,15-16H2. The summed E-state index contributed by atoms with van der Waals surface area (Å²) in [5, 5.41) is 5.68. The lowest BCUT2D eigenvalue weighted by molar-refractivity contribution is -0.157. The first-order valence-corrected chi connectivity index (χ1v) is 11.7. The third-order valence-electron chi connectivity index (χ3n) is 6.39. The predicted octanol–water partition coefficient (Wildman–Crippen LogP) is 3.79. The van der Waals surface area contributed by atoms with Crippen LogP contribution >= 0.6 is 0 Å². The van der Waals surface area contributed by atoms with Crippen molar-refractivity contribution in [2.24, 2.45) is 11.0 Å². The van der Waals surface area contributed by atoms with E-state index in [1.807, 2.05) is 0 Å². The molecule has 0 saturated carbocycles. The lowest BCUT2D eigenvalue weighted by Gasteiger charge is -2.31. The van der Waals surface area contributed by atoms with Gasteiger partial charge in [0.15, 0.2) is 6.61 Å². The number of hydrogen-bond donors (Lipinski definition) is 0. The molecule has 2 aliphatic heterocycles. The fourth-order valence-corrected chi connectivity index (χ4v) is 4.44. The van der Waals surface area contributed by atoms with Gasteiger partial charge in [-0.1, -0.05) is 0 Å². The number of hydrazone groups is 1. The first-order chi connectivity index (χ1) is 17.5. The van der Waals surface area contributed by atoms with Crippen LogP contribution in [0, 0.1) is 11.7 Å². The molecule has 0 spiro atoms. The highest BCUT2D eigenvalue weighted by molar-refractivity contribution is 6.01. The number of piperidine rings is 1. The van der Waals surface area contributed by atoms with Gasteiger partial charge in [-0.15, -0.1) is 0 Å². The molecular formula is C26H24FN3O6. The molecule has 0 bridgehead atoms. The SMILES string of the molecule is O=C(OCC(=O)N1N=C(c2ccco2)CC1c1ccco1)C1CCN(C(=O)c2ccc(F)cc2)CC1. The number of ether oxygens (including phenoxy) is 1. The minimum Gasteiger partial charge on any atom is -0.467 e. The lowest BCUT2D eigenvalue weighted by Crippen LogP contribution is -2.41. The molecule has 3 aromatic rings. The van der Waals surface area contributed by atoms with Crippen LogP contribution in [0.2, 0.25) is 0 Å². The highest BCUT2D eigenvalue weighted by Gasteiger charge is 2.37. The molecule has 1 atom stereocenters. The maximum Gasteiger partial charge on any atom is 0.309 e. The van der Waals surface area contributed by atoms with Crippen molar-refractivity contribution in [2.75, 3.05) is 19.7 Å². The molecule has 5 rings (SSSR count). The molecule has 1 fully saturated rings. The van der Waals surface area contributed by atoms with Crippen molar-refractivity contribution in [1.29, 1.82) is 0 Å². The van der Waals surface area contributed by atoms with Crippen LogP contribution in [0.5, 0.6) is 0 Å². The van der Waals surface area contributed by atoms with Crippen molar-refractivity contribution < 1.29 is 32.3 Å². The van der Waals surface area contributed by atoms with Crippen LogP contribution in [0.3, 0.4) is 0 Å². The molecule has 1 saturated heterocycles. The van der Waals surface area contributed by atoms with Crippen molar-refractivity contribution in [1.82, 2.24) is 9.91 Å². The first-order valence-electron chi connectivity index (χ1n) is 11.7. The number of halogens is 1. The van der Waals surface area contributed by atoms with Gasteiger partial charge in [-0.3, -0.25) is 14.4 Å². The van der Waals surface area contributed by atoms with E-state index in [9.17, 15) is 18.8 Å². The van der Waals surface area contributed by atoms with Gasteiger partial charge < -0.3 is 18.5 Å². The normalized spacial score (nSPS) is 18.2. The van der Waals surface area contributed by atoms with Gasteiger partial charge in [-0.05, 0) is 61.4 Å². The Bertz CT molecular complexity index is 1250. The Morgan fingerprint density at radius 2 is 1.72 bits per heavy atom. The summed E-state index contributed by atoms with van der Waals surface area (Å²) in [6.45, 7) is 0.278. The highest BCUT2D eigenvalue weighted by Crippen LogP contribution is 2.33. The summed E-state index contributed by atoms with van der Waals surface area (Å²) >= 11 is 0. The zero-order valence-electron chi connectivity index (χ0n) is 19.3. The molecule has 1 aromatic carbocycles. The molecular weight excluding hydrogens is 469 g/mol. The van der Waals surface area contributed by atoms with Gasteiger partial charge in [-0.25, -0.2) is 9.40 Å². The van der Waals surface area contributed by atoms with Crippen LogP contribution in [-0.2, 0) is 14.3 Å². The molecule has 2 aliphatic rings. The Kier molecular flexibility index (Phi) is 6.66. The average molecular weight is 493 g/mol. The van der Waals surface area contributed by atoms with Crippen molar-refractivity contribution in [3.8, 4) is 0 Å². The van der Waals surface area contributed by atoms with E-state index in [1.165, 1.54) is 41.8 Å². The Balaban J connectivity index is 1.16. The van der Waals surface area contributed by atoms with Crippen molar-refractivity contribution in [3.05, 3.63) is 84.0 Å². The van der Waals surface area contributed by atoms with E-state index in [2.05, 4.69) is 5.10 Å². The van der Waals surface area contributed by atoms with Crippen LogP contribution in [0.25, 0.3) is 0 Å². The van der Waals surface area contributed by atoms with Crippen LogP contribution in [0.4, 0.5) is 4.39 Å². The van der Waals surface area contributed by atoms with Gasteiger partial charge in [0.25, 0.3) is 11.8 Å². The molecule has 0 radical (unpaired) electrons. The van der Waals surface area contributed by atoms with Crippen molar-refractivity contribution >= 4 is 23.5 Å². The number of rotatable bonds is 6. The molecule has 36 heavy (non-hydrogen) atoms. The van der Waals surface area contributed by atoms with Crippen molar-refractivity contribution in [2.45, 2.75) is 25.3 Å². The fourth-order valence-electron chi connectivity index (χ4n) is 4.44.